The topological polar surface area (TPSA) is 72.2 Å². The van der Waals surface area contributed by atoms with Crippen molar-refractivity contribution in [2.75, 3.05) is 5.75 Å². The first-order chi connectivity index (χ1) is 12.7. The third-order valence-electron chi connectivity index (χ3n) is 4.68. The summed E-state index contributed by atoms with van der Waals surface area (Å²) in [7, 11) is 0. The monoisotopic (exact) mass is 367 g/mol. The Balaban J connectivity index is 1.35. The maximum Gasteiger partial charge on any atom is 0.253 e. The van der Waals surface area contributed by atoms with Gasteiger partial charge in [-0.05, 0) is 55.4 Å². The van der Waals surface area contributed by atoms with Gasteiger partial charge in [-0.15, -0.1) is 5.10 Å². The molecule has 0 saturated heterocycles. The minimum absolute atomic E-state index is 0.00831. The number of hydrogen-bond donors (Lipinski definition) is 1. The molecule has 26 heavy (non-hydrogen) atoms. The predicted octanol–water partition coefficient (Wildman–Crippen LogP) is 2.97. The summed E-state index contributed by atoms with van der Waals surface area (Å²) in [6, 6.07) is 8.39. The van der Waals surface area contributed by atoms with Gasteiger partial charge in [0.05, 0.1) is 11.8 Å². The van der Waals surface area contributed by atoms with Crippen LogP contribution in [0.1, 0.15) is 42.5 Å². The summed E-state index contributed by atoms with van der Waals surface area (Å²) >= 11 is 1.32. The van der Waals surface area contributed by atoms with Crippen LogP contribution < -0.4 is 5.32 Å². The highest BCUT2D eigenvalue weighted by Crippen LogP contribution is 2.25. The lowest BCUT2D eigenvalue weighted by atomic mass is 9.89. The van der Waals surface area contributed by atoms with Crippen molar-refractivity contribution in [3.8, 4) is 0 Å². The van der Waals surface area contributed by atoms with Crippen molar-refractivity contribution < 1.29 is 4.79 Å². The number of aromatic nitrogens is 4. The maximum atomic E-state index is 12.3. The second kappa shape index (κ2) is 7.45. The summed E-state index contributed by atoms with van der Waals surface area (Å²) in [5.74, 6) is 0.802. The summed E-state index contributed by atoms with van der Waals surface area (Å²) in [6.45, 7) is 2.03. The average molecular weight is 367 g/mol. The van der Waals surface area contributed by atoms with E-state index in [0.717, 1.165) is 6.42 Å². The van der Waals surface area contributed by atoms with Gasteiger partial charge < -0.3 is 5.32 Å². The number of amides is 1. The van der Waals surface area contributed by atoms with Crippen LogP contribution in [0, 0.1) is 0 Å². The van der Waals surface area contributed by atoms with Gasteiger partial charge in [0.15, 0.2) is 0 Å². The van der Waals surface area contributed by atoms with Crippen LogP contribution in [0.15, 0.2) is 41.8 Å². The third-order valence-corrected chi connectivity index (χ3v) is 5.52. The van der Waals surface area contributed by atoms with E-state index < -0.39 is 0 Å². The van der Waals surface area contributed by atoms with Crippen molar-refractivity contribution >= 4 is 23.4 Å². The normalized spacial score (nSPS) is 14.8. The van der Waals surface area contributed by atoms with E-state index in [1.807, 2.05) is 6.92 Å². The molecule has 0 saturated carbocycles. The molecular weight excluding hydrogens is 346 g/mol. The number of hydrogen-bond acceptors (Lipinski definition) is 5. The zero-order valence-corrected chi connectivity index (χ0v) is 15.5. The van der Waals surface area contributed by atoms with Crippen LogP contribution in [-0.2, 0) is 17.6 Å². The van der Waals surface area contributed by atoms with Crippen LogP contribution in [0.25, 0.3) is 5.78 Å². The van der Waals surface area contributed by atoms with E-state index in [0.29, 0.717) is 10.9 Å². The van der Waals surface area contributed by atoms with Crippen molar-refractivity contribution in [3.05, 3.63) is 53.3 Å². The minimum atomic E-state index is -0.0213. The largest absolute Gasteiger partial charge is 0.349 e. The molecule has 6 nitrogen and oxygen atoms in total. The van der Waals surface area contributed by atoms with Crippen molar-refractivity contribution in [2.45, 2.75) is 43.8 Å². The van der Waals surface area contributed by atoms with Crippen molar-refractivity contribution in [3.63, 3.8) is 0 Å². The van der Waals surface area contributed by atoms with E-state index in [1.54, 1.807) is 23.0 Å². The van der Waals surface area contributed by atoms with E-state index in [2.05, 4.69) is 38.6 Å². The van der Waals surface area contributed by atoms with Gasteiger partial charge in [0.2, 0.25) is 11.1 Å². The molecule has 1 aliphatic carbocycles. The number of nitrogens with zero attached hydrogens (tertiary/aromatic N) is 4. The summed E-state index contributed by atoms with van der Waals surface area (Å²) in [4.78, 5) is 20.7. The zero-order chi connectivity index (χ0) is 17.9. The molecule has 0 aliphatic heterocycles. The van der Waals surface area contributed by atoms with Crippen LogP contribution in [0.2, 0.25) is 0 Å². The highest BCUT2D eigenvalue weighted by atomic mass is 32.2. The molecule has 1 atom stereocenters. The van der Waals surface area contributed by atoms with Gasteiger partial charge in [-0.2, -0.15) is 4.98 Å². The molecule has 1 aliphatic rings. The Kier molecular flexibility index (Phi) is 4.88. The van der Waals surface area contributed by atoms with Gasteiger partial charge in [0.25, 0.3) is 5.78 Å². The first-order valence-electron chi connectivity index (χ1n) is 8.90. The van der Waals surface area contributed by atoms with E-state index in [9.17, 15) is 4.79 Å². The molecule has 134 valence electrons. The Morgan fingerprint density at radius 3 is 3.00 bits per heavy atom. The van der Waals surface area contributed by atoms with E-state index in [1.165, 1.54) is 47.7 Å². The first kappa shape index (κ1) is 17.0. The van der Waals surface area contributed by atoms with Crippen LogP contribution in [0.4, 0.5) is 0 Å². The summed E-state index contributed by atoms with van der Waals surface area (Å²) in [6.07, 6.45) is 8.32. The number of nitrogens with one attached hydrogen (secondary N) is 1. The highest BCUT2D eigenvalue weighted by molar-refractivity contribution is 7.99. The minimum Gasteiger partial charge on any atom is -0.349 e. The van der Waals surface area contributed by atoms with E-state index >= 15 is 0 Å². The van der Waals surface area contributed by atoms with Crippen LogP contribution in [-0.4, -0.2) is 31.2 Å². The molecular formula is C19H21N5OS. The Hall–Kier alpha value is -2.41. The van der Waals surface area contributed by atoms with Crippen molar-refractivity contribution in [1.29, 1.82) is 0 Å². The third kappa shape index (κ3) is 3.72. The van der Waals surface area contributed by atoms with E-state index in [-0.39, 0.29) is 17.7 Å². The Morgan fingerprint density at radius 2 is 2.15 bits per heavy atom. The molecule has 1 unspecified atom stereocenters. The van der Waals surface area contributed by atoms with Crippen molar-refractivity contribution in [1.82, 2.24) is 24.9 Å². The average Bonchev–Trinajstić information content (AvgIpc) is 3.09. The van der Waals surface area contributed by atoms with Crippen molar-refractivity contribution in [2.24, 2.45) is 0 Å². The fourth-order valence-electron chi connectivity index (χ4n) is 3.29. The maximum absolute atomic E-state index is 12.3. The molecule has 0 fully saturated rings. The number of benzene rings is 1. The lowest BCUT2D eigenvalue weighted by molar-refractivity contribution is -0.119. The van der Waals surface area contributed by atoms with Gasteiger partial charge in [0, 0.05) is 12.4 Å². The number of fused-ring (bicyclic) bond motifs is 2. The SMILES string of the molecule is CC(NC(=O)CSc1nc2ncccn2n1)c1ccc2c(c1)CCCC2. The molecule has 1 N–H and O–H groups in total. The standard InChI is InChI=1S/C19H21N5OS/c1-13(15-8-7-14-5-2-3-6-16(14)11-15)21-17(25)12-26-19-22-18-20-9-4-10-24(18)23-19/h4,7-11,13H,2-3,5-6,12H2,1H3,(H,21,25). The van der Waals surface area contributed by atoms with Gasteiger partial charge in [-0.3, -0.25) is 4.79 Å². The van der Waals surface area contributed by atoms with Gasteiger partial charge >= 0.3 is 0 Å². The lowest BCUT2D eigenvalue weighted by Gasteiger charge is -2.20. The molecule has 7 heteroatoms. The van der Waals surface area contributed by atoms with Crippen LogP contribution >= 0.6 is 11.8 Å². The number of rotatable bonds is 5. The number of thioether (sulfide) groups is 1. The smallest absolute Gasteiger partial charge is 0.253 e. The Morgan fingerprint density at radius 1 is 1.31 bits per heavy atom. The molecule has 3 aromatic rings. The molecule has 2 aromatic heterocycles. The van der Waals surface area contributed by atoms with Gasteiger partial charge in [-0.25, -0.2) is 9.50 Å². The molecule has 1 aromatic carbocycles. The number of carbonyl (C=O) groups is 1. The Bertz CT molecular complexity index is 906. The molecule has 0 bridgehead atoms. The summed E-state index contributed by atoms with van der Waals surface area (Å²) < 4.78 is 1.61. The fourth-order valence-corrected chi connectivity index (χ4v) is 3.93. The summed E-state index contributed by atoms with van der Waals surface area (Å²) in [5.41, 5.74) is 4.06. The van der Waals surface area contributed by atoms with Gasteiger partial charge in [-0.1, -0.05) is 30.0 Å². The fraction of sp³-hybridized carbons (Fsp3) is 0.368. The highest BCUT2D eigenvalue weighted by Gasteiger charge is 2.15. The molecule has 1 amide bonds. The first-order valence-corrected chi connectivity index (χ1v) is 9.89. The lowest BCUT2D eigenvalue weighted by Crippen LogP contribution is -2.28. The number of aryl methyl sites for hydroxylation is 2. The van der Waals surface area contributed by atoms with Crippen LogP contribution in [0.5, 0.6) is 0 Å². The van der Waals surface area contributed by atoms with Crippen LogP contribution in [0.3, 0.4) is 0 Å². The van der Waals surface area contributed by atoms with E-state index in [4.69, 9.17) is 0 Å². The zero-order valence-electron chi connectivity index (χ0n) is 14.7. The number of carbonyl (C=O) groups excluding carboxylic acids is 1. The molecule has 2 heterocycles. The molecule has 0 spiro atoms. The Labute approximate surface area is 156 Å². The molecule has 0 radical (unpaired) electrons. The predicted molar refractivity (Wildman–Crippen MR) is 101 cm³/mol. The molecule has 4 rings (SSSR count). The van der Waals surface area contributed by atoms with Gasteiger partial charge in [0.1, 0.15) is 0 Å². The quantitative estimate of drug-likeness (QED) is 0.702. The summed E-state index contributed by atoms with van der Waals surface area (Å²) in [5, 5.41) is 7.92. The second-order valence-electron chi connectivity index (χ2n) is 6.57. The second-order valence-corrected chi connectivity index (χ2v) is 7.51.